The Balaban J connectivity index is 1.59. The lowest BCUT2D eigenvalue weighted by atomic mass is 10.1. The molecule has 8 nitrogen and oxygen atoms in total. The van der Waals surface area contributed by atoms with Gasteiger partial charge < -0.3 is 14.7 Å². The molecule has 3 rings (SSSR count). The van der Waals surface area contributed by atoms with Gasteiger partial charge in [-0.1, -0.05) is 18.2 Å². The minimum atomic E-state index is -3.42. The van der Waals surface area contributed by atoms with E-state index >= 15 is 0 Å². The van der Waals surface area contributed by atoms with Gasteiger partial charge in [0, 0.05) is 51.8 Å². The number of nitrogens with zero attached hydrogens (tertiary/aromatic N) is 3. The average Bonchev–Trinajstić information content (AvgIpc) is 2.84. The maximum atomic E-state index is 12.7. The minimum absolute atomic E-state index is 0.0989. The second kappa shape index (κ2) is 8.14. The first-order valence-corrected chi connectivity index (χ1v) is 10.7. The predicted octanol–water partition coefficient (Wildman–Crippen LogP) is -0.408. The molecule has 2 heterocycles. The van der Waals surface area contributed by atoms with Crippen LogP contribution in [0.4, 0.5) is 0 Å². The zero-order valence-electron chi connectivity index (χ0n) is 15.7. The van der Waals surface area contributed by atoms with E-state index in [1.165, 1.54) is 14.1 Å². The number of aliphatic hydroxyl groups excluding tert-OH is 1. The molecular formula is C18H27N3O5S. The topological polar surface area (TPSA) is 90.4 Å². The fourth-order valence-corrected chi connectivity index (χ4v) is 4.61. The van der Waals surface area contributed by atoms with Gasteiger partial charge in [0.15, 0.2) is 0 Å². The lowest BCUT2D eigenvalue weighted by molar-refractivity contribution is -0.132. The van der Waals surface area contributed by atoms with E-state index in [-0.39, 0.29) is 31.3 Å². The van der Waals surface area contributed by atoms with Crippen molar-refractivity contribution in [2.75, 3.05) is 52.6 Å². The summed E-state index contributed by atoms with van der Waals surface area (Å²) >= 11 is 0. The summed E-state index contributed by atoms with van der Waals surface area (Å²) in [5, 5.41) is 10.2. The quantitative estimate of drug-likeness (QED) is 0.727. The molecule has 0 unspecified atom stereocenters. The van der Waals surface area contributed by atoms with E-state index < -0.39 is 22.0 Å². The van der Waals surface area contributed by atoms with Crippen molar-refractivity contribution in [3.05, 3.63) is 29.8 Å². The summed E-state index contributed by atoms with van der Waals surface area (Å²) in [4.78, 5) is 16.3. The Morgan fingerprint density at radius 3 is 2.78 bits per heavy atom. The maximum absolute atomic E-state index is 12.7. The molecule has 1 amide bonds. The van der Waals surface area contributed by atoms with E-state index in [0.717, 1.165) is 15.6 Å². The van der Waals surface area contributed by atoms with Gasteiger partial charge in [-0.05, 0) is 6.07 Å². The molecule has 1 N–H and O–H groups in total. The number of fused-ring (bicyclic) bond motifs is 1. The molecule has 0 aliphatic carbocycles. The third-order valence-electron chi connectivity index (χ3n) is 5.13. The number of rotatable bonds is 5. The van der Waals surface area contributed by atoms with E-state index in [0.29, 0.717) is 19.7 Å². The molecule has 0 saturated carbocycles. The first kappa shape index (κ1) is 20.1. The van der Waals surface area contributed by atoms with Gasteiger partial charge in [-0.2, -0.15) is 0 Å². The molecule has 2 atom stereocenters. The van der Waals surface area contributed by atoms with E-state index in [2.05, 4.69) is 0 Å². The van der Waals surface area contributed by atoms with E-state index in [1.54, 1.807) is 4.90 Å². The van der Waals surface area contributed by atoms with Crippen molar-refractivity contribution in [2.45, 2.75) is 12.6 Å². The van der Waals surface area contributed by atoms with Crippen molar-refractivity contribution in [3.63, 3.8) is 0 Å². The van der Waals surface area contributed by atoms with Crippen LogP contribution in [0.25, 0.3) is 0 Å². The Hall–Kier alpha value is -1.68. The van der Waals surface area contributed by atoms with Crippen molar-refractivity contribution in [1.29, 1.82) is 0 Å². The standard InChI is InChI=1S/C18H27N3O5S/c1-19(2)27(24,25)13-15-10-21(11-16(15)22)18(23)12-20-7-8-26-17-6-4-3-5-14(17)9-20/h3-6,15-16,22H,7-13H2,1-2H3/t15-,16+/m0/s1. The van der Waals surface area contributed by atoms with Gasteiger partial charge >= 0.3 is 0 Å². The number of ether oxygens (including phenoxy) is 1. The van der Waals surface area contributed by atoms with Crippen molar-refractivity contribution in [2.24, 2.45) is 5.92 Å². The van der Waals surface area contributed by atoms with Crippen LogP contribution >= 0.6 is 0 Å². The summed E-state index contributed by atoms with van der Waals surface area (Å²) in [5.74, 6) is 0.126. The Morgan fingerprint density at radius 2 is 2.04 bits per heavy atom. The van der Waals surface area contributed by atoms with Crippen molar-refractivity contribution >= 4 is 15.9 Å². The number of hydrogen-bond acceptors (Lipinski definition) is 6. The number of sulfonamides is 1. The van der Waals surface area contributed by atoms with Crippen molar-refractivity contribution in [1.82, 2.24) is 14.1 Å². The van der Waals surface area contributed by atoms with Gasteiger partial charge in [-0.25, -0.2) is 12.7 Å². The van der Waals surface area contributed by atoms with E-state index in [1.807, 2.05) is 29.2 Å². The third-order valence-corrected chi connectivity index (χ3v) is 7.09. The van der Waals surface area contributed by atoms with Gasteiger partial charge in [-0.3, -0.25) is 9.69 Å². The molecule has 9 heteroatoms. The molecule has 150 valence electrons. The highest BCUT2D eigenvalue weighted by Gasteiger charge is 2.37. The number of carbonyl (C=O) groups excluding carboxylic acids is 1. The largest absolute Gasteiger partial charge is 0.492 e. The highest BCUT2D eigenvalue weighted by molar-refractivity contribution is 7.89. The number of hydrogen-bond donors (Lipinski definition) is 1. The number of β-amino-alcohol motifs (C(OH)–C–C–N with tert-alkyl or cyclic N) is 1. The zero-order valence-corrected chi connectivity index (χ0v) is 16.6. The number of carbonyl (C=O) groups is 1. The lowest BCUT2D eigenvalue weighted by Gasteiger charge is -2.23. The zero-order chi connectivity index (χ0) is 19.6. The predicted molar refractivity (Wildman–Crippen MR) is 101 cm³/mol. The second-order valence-corrected chi connectivity index (χ2v) is 9.58. The van der Waals surface area contributed by atoms with Crippen LogP contribution in [-0.4, -0.2) is 92.3 Å². The number of para-hydroxylation sites is 1. The van der Waals surface area contributed by atoms with Crippen molar-refractivity contribution in [3.8, 4) is 5.75 Å². The smallest absolute Gasteiger partial charge is 0.236 e. The molecule has 1 aromatic carbocycles. The number of aliphatic hydroxyl groups is 1. The van der Waals surface area contributed by atoms with Crippen LogP contribution in [-0.2, 0) is 21.4 Å². The molecule has 2 aliphatic heterocycles. The first-order chi connectivity index (χ1) is 12.8. The summed E-state index contributed by atoms with van der Waals surface area (Å²) in [6.45, 7) is 2.42. The van der Waals surface area contributed by atoms with Crippen LogP contribution < -0.4 is 4.74 Å². The molecule has 0 spiro atoms. The van der Waals surface area contributed by atoms with Crippen LogP contribution in [0.1, 0.15) is 5.56 Å². The summed E-state index contributed by atoms with van der Waals surface area (Å²) in [6.07, 6.45) is -0.822. The molecule has 1 saturated heterocycles. The highest BCUT2D eigenvalue weighted by atomic mass is 32.2. The monoisotopic (exact) mass is 397 g/mol. The van der Waals surface area contributed by atoms with Crippen LogP contribution in [0.15, 0.2) is 24.3 Å². The fourth-order valence-electron chi connectivity index (χ4n) is 3.45. The lowest BCUT2D eigenvalue weighted by Crippen LogP contribution is -2.40. The number of amides is 1. The van der Waals surface area contributed by atoms with E-state index in [4.69, 9.17) is 4.74 Å². The van der Waals surface area contributed by atoms with Crippen LogP contribution in [0.2, 0.25) is 0 Å². The van der Waals surface area contributed by atoms with Gasteiger partial charge in [0.1, 0.15) is 12.4 Å². The molecule has 0 aromatic heterocycles. The summed E-state index contributed by atoms with van der Waals surface area (Å²) < 4.78 is 31.0. The summed E-state index contributed by atoms with van der Waals surface area (Å²) in [7, 11) is -0.479. The Bertz CT molecular complexity index is 783. The Labute approximate surface area is 160 Å². The highest BCUT2D eigenvalue weighted by Crippen LogP contribution is 2.23. The van der Waals surface area contributed by atoms with Crippen molar-refractivity contribution < 1.29 is 23.1 Å². The van der Waals surface area contributed by atoms with Crippen LogP contribution in [0.3, 0.4) is 0 Å². The first-order valence-electron chi connectivity index (χ1n) is 9.05. The fraction of sp³-hybridized carbons (Fsp3) is 0.611. The van der Waals surface area contributed by atoms with Gasteiger partial charge in [0.05, 0.1) is 18.4 Å². The van der Waals surface area contributed by atoms with Gasteiger partial charge in [-0.15, -0.1) is 0 Å². The van der Waals surface area contributed by atoms with E-state index in [9.17, 15) is 18.3 Å². The minimum Gasteiger partial charge on any atom is -0.492 e. The molecule has 27 heavy (non-hydrogen) atoms. The Kier molecular flexibility index (Phi) is 6.05. The van der Waals surface area contributed by atoms with Crippen LogP contribution in [0.5, 0.6) is 5.75 Å². The normalized spacial score (nSPS) is 23.8. The third kappa shape index (κ3) is 4.78. The molecule has 0 radical (unpaired) electrons. The molecule has 2 aliphatic rings. The average molecular weight is 397 g/mol. The van der Waals surface area contributed by atoms with Gasteiger partial charge in [0.2, 0.25) is 15.9 Å². The molecular weight excluding hydrogens is 370 g/mol. The molecule has 1 aromatic rings. The van der Waals surface area contributed by atoms with Crippen LogP contribution in [0, 0.1) is 5.92 Å². The molecule has 0 bridgehead atoms. The summed E-state index contributed by atoms with van der Waals surface area (Å²) in [5.41, 5.74) is 1.04. The number of benzene rings is 1. The molecule has 1 fully saturated rings. The summed E-state index contributed by atoms with van der Waals surface area (Å²) in [6, 6.07) is 7.78. The van der Waals surface area contributed by atoms with Gasteiger partial charge in [0.25, 0.3) is 0 Å². The Morgan fingerprint density at radius 1 is 1.30 bits per heavy atom. The number of likely N-dealkylation sites (tertiary alicyclic amines) is 1. The maximum Gasteiger partial charge on any atom is 0.236 e. The SMILES string of the molecule is CN(C)S(=O)(=O)C[C@@H]1CN(C(=O)CN2CCOc3ccccc3C2)C[C@H]1O. The second-order valence-electron chi connectivity index (χ2n) is 7.35.